The number of hydrogen-bond donors (Lipinski definition) is 2. The van der Waals surface area contributed by atoms with Crippen LogP contribution >= 0.6 is 46.9 Å². The van der Waals surface area contributed by atoms with E-state index in [1.54, 1.807) is 17.4 Å². The summed E-state index contributed by atoms with van der Waals surface area (Å²) < 4.78 is 27.5. The maximum atomic E-state index is 12.8. The first-order valence-electron chi connectivity index (χ1n) is 9.27. The number of guanidine groups is 1. The van der Waals surface area contributed by atoms with E-state index in [4.69, 9.17) is 11.6 Å². The van der Waals surface area contributed by atoms with Crippen LogP contribution in [0.4, 0.5) is 0 Å². The van der Waals surface area contributed by atoms with Crippen LogP contribution in [-0.4, -0.2) is 38.8 Å². The standard InChI is InChI=1S/C19H25ClN4O2S2.HI/c1-21-19(22-13-15-6-5-7-16(20)12-15)23-14-17-8-9-18(27-17)28(25,26)24-10-3-2-4-11-24;/h5-9,12H,2-4,10-11,13-14H2,1H3,(H2,21,22,23);1H. The molecule has 6 nitrogen and oxygen atoms in total. The average molecular weight is 569 g/mol. The summed E-state index contributed by atoms with van der Waals surface area (Å²) in [4.78, 5) is 5.15. The summed E-state index contributed by atoms with van der Waals surface area (Å²) in [6.07, 6.45) is 2.98. The van der Waals surface area contributed by atoms with Crippen LogP contribution in [0.5, 0.6) is 0 Å². The van der Waals surface area contributed by atoms with Gasteiger partial charge in [0, 0.05) is 36.6 Å². The Morgan fingerprint density at radius 1 is 1.14 bits per heavy atom. The van der Waals surface area contributed by atoms with Crippen LogP contribution in [0.3, 0.4) is 0 Å². The van der Waals surface area contributed by atoms with Gasteiger partial charge < -0.3 is 10.6 Å². The molecular formula is C19H26ClIN4O2S2. The summed E-state index contributed by atoms with van der Waals surface area (Å²) in [5.74, 6) is 0.647. The van der Waals surface area contributed by atoms with Gasteiger partial charge in [0.2, 0.25) is 0 Å². The van der Waals surface area contributed by atoms with E-state index in [1.807, 2.05) is 30.3 Å². The fourth-order valence-electron chi connectivity index (χ4n) is 3.05. The molecule has 3 rings (SSSR count). The van der Waals surface area contributed by atoms with Crippen molar-refractivity contribution in [3.8, 4) is 0 Å². The van der Waals surface area contributed by atoms with Crippen LogP contribution < -0.4 is 10.6 Å². The number of aliphatic imine (C=N–C) groups is 1. The van der Waals surface area contributed by atoms with Crippen molar-refractivity contribution in [3.05, 3.63) is 51.9 Å². The maximum absolute atomic E-state index is 12.8. The molecular weight excluding hydrogens is 543 g/mol. The molecule has 1 aliphatic heterocycles. The van der Waals surface area contributed by atoms with E-state index in [1.165, 1.54) is 11.3 Å². The Bertz CT molecular complexity index is 928. The molecule has 0 radical (unpaired) electrons. The monoisotopic (exact) mass is 568 g/mol. The Hall–Kier alpha value is -0.880. The van der Waals surface area contributed by atoms with Crippen molar-refractivity contribution in [2.75, 3.05) is 20.1 Å². The number of piperidine rings is 1. The van der Waals surface area contributed by atoms with E-state index < -0.39 is 10.0 Å². The maximum Gasteiger partial charge on any atom is 0.252 e. The van der Waals surface area contributed by atoms with Gasteiger partial charge in [-0.05, 0) is 42.7 Å². The van der Waals surface area contributed by atoms with Gasteiger partial charge in [-0.1, -0.05) is 30.2 Å². The molecule has 1 fully saturated rings. The summed E-state index contributed by atoms with van der Waals surface area (Å²) in [5, 5.41) is 7.15. The highest BCUT2D eigenvalue weighted by atomic mass is 127. The first-order valence-corrected chi connectivity index (χ1v) is 11.9. The molecule has 0 saturated carbocycles. The molecule has 1 saturated heterocycles. The normalized spacial score (nSPS) is 15.6. The van der Waals surface area contributed by atoms with Crippen molar-refractivity contribution in [2.24, 2.45) is 4.99 Å². The molecule has 29 heavy (non-hydrogen) atoms. The van der Waals surface area contributed by atoms with E-state index >= 15 is 0 Å². The minimum absolute atomic E-state index is 0. The van der Waals surface area contributed by atoms with Crippen molar-refractivity contribution in [3.63, 3.8) is 0 Å². The van der Waals surface area contributed by atoms with E-state index in [9.17, 15) is 8.42 Å². The van der Waals surface area contributed by atoms with Gasteiger partial charge >= 0.3 is 0 Å². The lowest BCUT2D eigenvalue weighted by atomic mass is 10.2. The second-order valence-electron chi connectivity index (χ2n) is 6.59. The first kappa shape index (κ1) is 24.4. The van der Waals surface area contributed by atoms with Crippen LogP contribution in [0.2, 0.25) is 5.02 Å². The Balaban J connectivity index is 0.00000300. The average Bonchev–Trinajstić information content (AvgIpc) is 3.19. The Morgan fingerprint density at radius 3 is 2.55 bits per heavy atom. The number of halogens is 2. The fraction of sp³-hybridized carbons (Fsp3) is 0.421. The zero-order valence-electron chi connectivity index (χ0n) is 16.2. The zero-order chi connectivity index (χ0) is 20.0. The molecule has 0 unspecified atom stereocenters. The Labute approximate surface area is 198 Å². The van der Waals surface area contributed by atoms with Crippen LogP contribution in [0.25, 0.3) is 0 Å². The molecule has 0 spiro atoms. The topological polar surface area (TPSA) is 73.8 Å². The minimum Gasteiger partial charge on any atom is -0.352 e. The molecule has 1 aliphatic rings. The Morgan fingerprint density at radius 2 is 1.86 bits per heavy atom. The van der Waals surface area contributed by atoms with E-state index in [2.05, 4.69) is 15.6 Å². The van der Waals surface area contributed by atoms with Crippen LogP contribution in [0.1, 0.15) is 29.7 Å². The van der Waals surface area contributed by atoms with Gasteiger partial charge in [-0.3, -0.25) is 4.99 Å². The SMILES string of the molecule is CN=C(NCc1cccc(Cl)c1)NCc1ccc(S(=O)(=O)N2CCCCC2)s1.I. The van der Waals surface area contributed by atoms with E-state index in [0.29, 0.717) is 41.4 Å². The summed E-state index contributed by atoms with van der Waals surface area (Å²) in [6, 6.07) is 11.2. The fourth-order valence-corrected chi connectivity index (χ4v) is 6.23. The highest BCUT2D eigenvalue weighted by Crippen LogP contribution is 2.27. The summed E-state index contributed by atoms with van der Waals surface area (Å²) in [6.45, 7) is 2.34. The second-order valence-corrected chi connectivity index (χ2v) is 10.4. The number of nitrogens with zero attached hydrogens (tertiary/aromatic N) is 2. The predicted octanol–water partition coefficient (Wildman–Crippen LogP) is 4.06. The second kappa shape index (κ2) is 11.5. The molecule has 2 aromatic rings. The highest BCUT2D eigenvalue weighted by Gasteiger charge is 2.27. The molecule has 0 aliphatic carbocycles. The van der Waals surface area contributed by atoms with Crippen molar-refractivity contribution in [1.29, 1.82) is 0 Å². The molecule has 10 heteroatoms. The molecule has 2 N–H and O–H groups in total. The smallest absolute Gasteiger partial charge is 0.252 e. The predicted molar refractivity (Wildman–Crippen MR) is 131 cm³/mol. The van der Waals surface area contributed by atoms with E-state index in [0.717, 1.165) is 29.7 Å². The minimum atomic E-state index is -3.37. The lowest BCUT2D eigenvalue weighted by molar-refractivity contribution is 0.347. The van der Waals surface area contributed by atoms with Crippen molar-refractivity contribution in [2.45, 2.75) is 36.6 Å². The number of sulfonamides is 1. The largest absolute Gasteiger partial charge is 0.352 e. The highest BCUT2D eigenvalue weighted by molar-refractivity contribution is 14.0. The van der Waals surface area contributed by atoms with Gasteiger partial charge in [-0.25, -0.2) is 8.42 Å². The van der Waals surface area contributed by atoms with E-state index in [-0.39, 0.29) is 24.0 Å². The third kappa shape index (κ3) is 6.81. The quantitative estimate of drug-likeness (QED) is 0.313. The lowest BCUT2D eigenvalue weighted by Crippen LogP contribution is -2.36. The lowest BCUT2D eigenvalue weighted by Gasteiger charge is -2.25. The van der Waals surface area contributed by atoms with Crippen molar-refractivity contribution >= 4 is 62.9 Å². The molecule has 0 bridgehead atoms. The number of nitrogens with one attached hydrogen (secondary N) is 2. The molecule has 1 aromatic carbocycles. The van der Waals surface area contributed by atoms with Crippen LogP contribution in [0.15, 0.2) is 45.6 Å². The van der Waals surface area contributed by atoms with Gasteiger partial charge in [0.25, 0.3) is 10.0 Å². The number of benzene rings is 1. The third-order valence-corrected chi connectivity index (χ3v) is 8.24. The van der Waals surface area contributed by atoms with Gasteiger partial charge in [-0.15, -0.1) is 35.3 Å². The van der Waals surface area contributed by atoms with Gasteiger partial charge in [0.1, 0.15) is 4.21 Å². The molecule has 160 valence electrons. The molecule has 0 amide bonds. The Kier molecular flexibility index (Phi) is 9.67. The zero-order valence-corrected chi connectivity index (χ0v) is 20.9. The van der Waals surface area contributed by atoms with Gasteiger partial charge in [0.15, 0.2) is 5.96 Å². The van der Waals surface area contributed by atoms with Gasteiger partial charge in [0.05, 0.1) is 6.54 Å². The summed E-state index contributed by atoms with van der Waals surface area (Å²) in [5.41, 5.74) is 1.06. The number of thiophene rings is 1. The van der Waals surface area contributed by atoms with Crippen molar-refractivity contribution in [1.82, 2.24) is 14.9 Å². The third-order valence-electron chi connectivity index (χ3n) is 4.55. The van der Waals surface area contributed by atoms with Gasteiger partial charge in [-0.2, -0.15) is 4.31 Å². The van der Waals surface area contributed by atoms with Crippen molar-refractivity contribution < 1.29 is 8.42 Å². The molecule has 2 heterocycles. The summed E-state index contributed by atoms with van der Waals surface area (Å²) >= 11 is 7.32. The molecule has 1 aromatic heterocycles. The number of rotatable bonds is 6. The van der Waals surface area contributed by atoms with Crippen LogP contribution in [0, 0.1) is 0 Å². The summed E-state index contributed by atoms with van der Waals surface area (Å²) in [7, 11) is -1.67. The number of hydrogen-bond acceptors (Lipinski definition) is 4. The molecule has 0 atom stereocenters. The first-order chi connectivity index (χ1) is 13.5. The van der Waals surface area contributed by atoms with Crippen LogP contribution in [-0.2, 0) is 23.1 Å².